The van der Waals surface area contributed by atoms with Crippen molar-refractivity contribution >= 4 is 17.8 Å². The first kappa shape index (κ1) is 17.6. The highest BCUT2D eigenvalue weighted by atomic mass is 16.5. The molecule has 2 aromatic carbocycles. The minimum Gasteiger partial charge on any atom is -0.464 e. The zero-order valence-electron chi connectivity index (χ0n) is 13.5. The number of esters is 1. The summed E-state index contributed by atoms with van der Waals surface area (Å²) in [6.45, 7) is 1.78. The summed E-state index contributed by atoms with van der Waals surface area (Å²) in [7, 11) is 0. The molecule has 0 aromatic heterocycles. The molecular formula is C20H20O4. The summed E-state index contributed by atoms with van der Waals surface area (Å²) in [6, 6.07) is 17.8. The number of carbonyl (C=O) groups excluding carboxylic acids is 2. The molecule has 24 heavy (non-hydrogen) atoms. The van der Waals surface area contributed by atoms with Crippen molar-refractivity contribution in [2.75, 3.05) is 6.61 Å². The summed E-state index contributed by atoms with van der Waals surface area (Å²) in [6.07, 6.45) is 2.55. The van der Waals surface area contributed by atoms with Crippen molar-refractivity contribution in [1.82, 2.24) is 0 Å². The third-order valence-corrected chi connectivity index (χ3v) is 3.51. The quantitative estimate of drug-likeness (QED) is 0.627. The number of hydrogen-bond donors (Lipinski definition) is 1. The molecule has 0 bridgehead atoms. The molecule has 1 atom stereocenters. The first-order valence-electron chi connectivity index (χ1n) is 7.77. The molecule has 0 radical (unpaired) electrons. The number of hydrogen-bond acceptors (Lipinski definition) is 4. The molecule has 0 amide bonds. The number of ketones is 1. The van der Waals surface area contributed by atoms with Crippen LogP contribution in [-0.2, 0) is 9.53 Å². The SMILES string of the molecule is CCOC(=O)[C@](O)(/C=C/c1ccccc1)CC(=O)c1ccccc1. The summed E-state index contributed by atoms with van der Waals surface area (Å²) >= 11 is 0. The van der Waals surface area contributed by atoms with Crippen LogP contribution in [0.2, 0.25) is 0 Å². The van der Waals surface area contributed by atoms with Gasteiger partial charge < -0.3 is 9.84 Å². The summed E-state index contributed by atoms with van der Waals surface area (Å²) in [5.41, 5.74) is -0.751. The second-order valence-electron chi connectivity index (χ2n) is 5.35. The van der Waals surface area contributed by atoms with Gasteiger partial charge in [-0.05, 0) is 18.6 Å². The van der Waals surface area contributed by atoms with E-state index in [1.807, 2.05) is 30.3 Å². The van der Waals surface area contributed by atoms with Gasteiger partial charge in [0.15, 0.2) is 11.4 Å². The van der Waals surface area contributed by atoms with Gasteiger partial charge in [0.2, 0.25) is 0 Å². The van der Waals surface area contributed by atoms with Gasteiger partial charge in [0, 0.05) is 5.56 Å². The molecule has 0 aliphatic heterocycles. The number of Topliss-reactive ketones (excluding diaryl/α,β-unsaturated/α-hetero) is 1. The van der Waals surface area contributed by atoms with Crippen LogP contribution in [0.1, 0.15) is 29.3 Å². The highest BCUT2D eigenvalue weighted by Gasteiger charge is 2.37. The van der Waals surface area contributed by atoms with Crippen molar-refractivity contribution in [2.24, 2.45) is 0 Å². The highest BCUT2D eigenvalue weighted by molar-refractivity contribution is 6.00. The van der Waals surface area contributed by atoms with Gasteiger partial charge in [-0.3, -0.25) is 4.79 Å². The Balaban J connectivity index is 2.24. The van der Waals surface area contributed by atoms with Gasteiger partial charge in [0.05, 0.1) is 13.0 Å². The molecule has 0 spiro atoms. The number of benzene rings is 2. The summed E-state index contributed by atoms with van der Waals surface area (Å²) in [5.74, 6) is -1.16. The molecule has 2 rings (SSSR count). The minimum absolute atomic E-state index is 0.125. The largest absolute Gasteiger partial charge is 0.464 e. The number of aliphatic hydroxyl groups is 1. The van der Waals surface area contributed by atoms with Crippen LogP contribution in [-0.4, -0.2) is 29.1 Å². The Bertz CT molecular complexity index is 707. The fraction of sp³-hybridized carbons (Fsp3) is 0.200. The van der Waals surface area contributed by atoms with Crippen LogP contribution in [0.15, 0.2) is 66.7 Å². The molecule has 0 unspecified atom stereocenters. The maximum Gasteiger partial charge on any atom is 0.342 e. The molecule has 124 valence electrons. The lowest BCUT2D eigenvalue weighted by atomic mass is 9.92. The summed E-state index contributed by atoms with van der Waals surface area (Å²) in [5, 5.41) is 10.7. The first-order valence-corrected chi connectivity index (χ1v) is 7.77. The van der Waals surface area contributed by atoms with Crippen LogP contribution < -0.4 is 0 Å². The van der Waals surface area contributed by atoms with Gasteiger partial charge in [-0.25, -0.2) is 4.79 Å². The van der Waals surface area contributed by atoms with Crippen LogP contribution in [0.5, 0.6) is 0 Å². The van der Waals surface area contributed by atoms with Crippen molar-refractivity contribution in [2.45, 2.75) is 18.9 Å². The van der Waals surface area contributed by atoms with Gasteiger partial charge in [-0.2, -0.15) is 0 Å². The molecule has 4 nitrogen and oxygen atoms in total. The van der Waals surface area contributed by atoms with Crippen molar-refractivity contribution in [3.63, 3.8) is 0 Å². The predicted octanol–water partition coefficient (Wildman–Crippen LogP) is 3.27. The average Bonchev–Trinajstić information content (AvgIpc) is 2.62. The van der Waals surface area contributed by atoms with E-state index in [9.17, 15) is 14.7 Å². The minimum atomic E-state index is -2.00. The maximum absolute atomic E-state index is 12.4. The predicted molar refractivity (Wildman–Crippen MR) is 92.4 cm³/mol. The molecule has 1 N–H and O–H groups in total. The average molecular weight is 324 g/mol. The van der Waals surface area contributed by atoms with Crippen LogP contribution in [0.25, 0.3) is 6.08 Å². The summed E-state index contributed by atoms with van der Waals surface area (Å²) < 4.78 is 4.94. The third-order valence-electron chi connectivity index (χ3n) is 3.51. The molecule has 2 aromatic rings. The molecule has 0 aliphatic carbocycles. The van der Waals surface area contributed by atoms with Gasteiger partial charge >= 0.3 is 5.97 Å². The van der Waals surface area contributed by atoms with E-state index in [1.165, 1.54) is 6.08 Å². The smallest absolute Gasteiger partial charge is 0.342 e. The van der Waals surface area contributed by atoms with E-state index >= 15 is 0 Å². The summed E-state index contributed by atoms with van der Waals surface area (Å²) in [4.78, 5) is 24.6. The van der Waals surface area contributed by atoms with E-state index in [-0.39, 0.29) is 18.8 Å². The Morgan fingerprint density at radius 3 is 2.21 bits per heavy atom. The monoisotopic (exact) mass is 324 g/mol. The Labute approximate surface area is 141 Å². The van der Waals surface area contributed by atoms with E-state index in [4.69, 9.17) is 4.74 Å². The lowest BCUT2D eigenvalue weighted by Crippen LogP contribution is -2.40. The van der Waals surface area contributed by atoms with E-state index < -0.39 is 11.6 Å². The lowest BCUT2D eigenvalue weighted by molar-refractivity contribution is -0.159. The van der Waals surface area contributed by atoms with Gasteiger partial charge in [0.25, 0.3) is 0 Å². The molecule has 0 aliphatic rings. The molecule has 0 fully saturated rings. The molecule has 0 saturated heterocycles. The van der Waals surface area contributed by atoms with Gasteiger partial charge in [-0.15, -0.1) is 0 Å². The first-order chi connectivity index (χ1) is 11.5. The lowest BCUT2D eigenvalue weighted by Gasteiger charge is -2.21. The van der Waals surface area contributed by atoms with Crippen LogP contribution in [0.4, 0.5) is 0 Å². The molecule has 0 saturated carbocycles. The normalized spacial score (nSPS) is 13.4. The zero-order chi connectivity index (χ0) is 17.4. The number of carbonyl (C=O) groups is 2. The highest BCUT2D eigenvalue weighted by Crippen LogP contribution is 2.20. The van der Waals surface area contributed by atoms with E-state index in [0.717, 1.165) is 5.56 Å². The van der Waals surface area contributed by atoms with Crippen LogP contribution in [0, 0.1) is 0 Å². The Morgan fingerprint density at radius 1 is 1.04 bits per heavy atom. The van der Waals surface area contributed by atoms with Crippen LogP contribution >= 0.6 is 0 Å². The fourth-order valence-corrected chi connectivity index (χ4v) is 2.22. The van der Waals surface area contributed by atoms with E-state index in [2.05, 4.69) is 0 Å². The second kappa shape index (κ2) is 8.22. The second-order valence-corrected chi connectivity index (χ2v) is 5.35. The Hall–Kier alpha value is -2.72. The zero-order valence-corrected chi connectivity index (χ0v) is 13.5. The number of ether oxygens (including phenoxy) is 1. The van der Waals surface area contributed by atoms with E-state index in [0.29, 0.717) is 5.56 Å². The van der Waals surface area contributed by atoms with Crippen LogP contribution in [0.3, 0.4) is 0 Å². The van der Waals surface area contributed by atoms with Gasteiger partial charge in [-0.1, -0.05) is 66.7 Å². The van der Waals surface area contributed by atoms with E-state index in [1.54, 1.807) is 43.3 Å². The Morgan fingerprint density at radius 2 is 1.62 bits per heavy atom. The topological polar surface area (TPSA) is 63.6 Å². The Kier molecular flexibility index (Phi) is 6.04. The molecular weight excluding hydrogens is 304 g/mol. The fourth-order valence-electron chi connectivity index (χ4n) is 2.22. The van der Waals surface area contributed by atoms with Crippen molar-refractivity contribution in [3.05, 3.63) is 77.9 Å². The van der Waals surface area contributed by atoms with Gasteiger partial charge in [0.1, 0.15) is 0 Å². The third kappa shape index (κ3) is 4.64. The maximum atomic E-state index is 12.4. The van der Waals surface area contributed by atoms with Crippen molar-refractivity contribution < 1.29 is 19.4 Å². The molecule has 0 heterocycles. The van der Waals surface area contributed by atoms with Crippen molar-refractivity contribution in [3.8, 4) is 0 Å². The molecule has 4 heteroatoms. The standard InChI is InChI=1S/C20H20O4/c1-2-24-19(22)20(23,14-13-16-9-5-3-6-10-16)15-18(21)17-11-7-4-8-12-17/h3-14,23H,2,15H2,1H3/b14-13+/t20-/m0/s1. The van der Waals surface area contributed by atoms with Crippen molar-refractivity contribution in [1.29, 1.82) is 0 Å². The number of rotatable bonds is 7.